The Balaban J connectivity index is 1.93. The number of anilines is 1. The van der Waals surface area contributed by atoms with Crippen LogP contribution in [-0.2, 0) is 11.3 Å². The molecule has 1 heterocycles. The van der Waals surface area contributed by atoms with Crippen molar-refractivity contribution in [3.8, 4) is 5.75 Å². The maximum Gasteiger partial charge on any atom is 0.246 e. The third kappa shape index (κ3) is 3.55. The number of aromatic nitrogens is 3. The van der Waals surface area contributed by atoms with Gasteiger partial charge in [-0.2, -0.15) is 0 Å². The molecule has 0 bridgehead atoms. The van der Waals surface area contributed by atoms with Crippen LogP contribution in [0.2, 0.25) is 0 Å². The summed E-state index contributed by atoms with van der Waals surface area (Å²) in [7, 11) is 1.59. The van der Waals surface area contributed by atoms with E-state index in [2.05, 4.69) is 15.6 Å². The van der Waals surface area contributed by atoms with Crippen LogP contribution >= 0.6 is 0 Å². The van der Waals surface area contributed by atoms with Crippen LogP contribution in [0.1, 0.15) is 18.7 Å². The molecule has 7 heteroatoms. The lowest BCUT2D eigenvalue weighted by atomic mass is 10.3. The smallest absolute Gasteiger partial charge is 0.246 e. The molecule has 1 unspecified atom stereocenters. The number of nitrogens with zero attached hydrogens (tertiary/aromatic N) is 3. The molecule has 0 fully saturated rings. The Kier molecular flexibility index (Phi) is 4.31. The number of benzene rings is 1. The van der Waals surface area contributed by atoms with E-state index in [-0.39, 0.29) is 18.5 Å². The van der Waals surface area contributed by atoms with Crippen LogP contribution in [0, 0.1) is 0 Å². The quantitative estimate of drug-likeness (QED) is 0.847. The van der Waals surface area contributed by atoms with Crippen molar-refractivity contribution in [1.82, 2.24) is 15.0 Å². The Labute approximate surface area is 116 Å². The first-order valence-electron chi connectivity index (χ1n) is 6.18. The van der Waals surface area contributed by atoms with Crippen molar-refractivity contribution in [2.24, 2.45) is 5.73 Å². The number of carbonyl (C=O) groups is 1. The number of methoxy groups -OCH3 is 1. The van der Waals surface area contributed by atoms with Gasteiger partial charge in [0.1, 0.15) is 12.3 Å². The zero-order chi connectivity index (χ0) is 14.5. The second-order valence-corrected chi connectivity index (χ2v) is 4.41. The lowest BCUT2D eigenvalue weighted by Crippen LogP contribution is -2.19. The predicted octanol–water partition coefficient (Wildman–Crippen LogP) is 0.945. The molecule has 0 saturated heterocycles. The fraction of sp³-hybridized carbons (Fsp3) is 0.308. The van der Waals surface area contributed by atoms with E-state index < -0.39 is 0 Å². The van der Waals surface area contributed by atoms with E-state index in [0.29, 0.717) is 11.4 Å². The Bertz CT molecular complexity index is 577. The third-order valence-electron chi connectivity index (χ3n) is 2.70. The van der Waals surface area contributed by atoms with Gasteiger partial charge in [0.15, 0.2) is 0 Å². The number of carbonyl (C=O) groups excluding carboxylic acids is 1. The first-order valence-corrected chi connectivity index (χ1v) is 6.18. The van der Waals surface area contributed by atoms with E-state index in [0.717, 1.165) is 5.75 Å². The van der Waals surface area contributed by atoms with Gasteiger partial charge in [0.25, 0.3) is 0 Å². The van der Waals surface area contributed by atoms with Crippen LogP contribution in [0.3, 0.4) is 0 Å². The summed E-state index contributed by atoms with van der Waals surface area (Å²) in [5.41, 5.74) is 7.03. The highest BCUT2D eigenvalue weighted by molar-refractivity contribution is 5.90. The highest BCUT2D eigenvalue weighted by Gasteiger charge is 2.08. The van der Waals surface area contributed by atoms with Gasteiger partial charge in [-0.3, -0.25) is 4.79 Å². The summed E-state index contributed by atoms with van der Waals surface area (Å²) in [5, 5.41) is 10.5. The number of hydrogen-bond donors (Lipinski definition) is 2. The molecule has 3 N–H and O–H groups in total. The predicted molar refractivity (Wildman–Crippen MR) is 74.2 cm³/mol. The minimum absolute atomic E-state index is 0.0890. The molecular weight excluding hydrogens is 258 g/mol. The van der Waals surface area contributed by atoms with Gasteiger partial charge < -0.3 is 15.8 Å². The van der Waals surface area contributed by atoms with E-state index in [4.69, 9.17) is 10.5 Å². The fourth-order valence-electron chi connectivity index (χ4n) is 1.62. The van der Waals surface area contributed by atoms with E-state index in [1.165, 1.54) is 4.68 Å². The summed E-state index contributed by atoms with van der Waals surface area (Å²) in [6.07, 6.45) is 1.66. The van der Waals surface area contributed by atoms with Gasteiger partial charge in [-0.05, 0) is 31.2 Å². The molecular formula is C13H17N5O2. The minimum Gasteiger partial charge on any atom is -0.497 e. The van der Waals surface area contributed by atoms with Gasteiger partial charge in [0, 0.05) is 11.7 Å². The van der Waals surface area contributed by atoms with Crippen LogP contribution < -0.4 is 15.8 Å². The normalized spacial score (nSPS) is 11.9. The zero-order valence-corrected chi connectivity index (χ0v) is 11.4. The standard InChI is InChI=1S/C13H17N5O2/c1-9(14)12-7-18(17-16-12)8-13(19)15-10-3-5-11(20-2)6-4-10/h3-7,9H,8,14H2,1-2H3,(H,15,19). The second-order valence-electron chi connectivity index (χ2n) is 4.41. The van der Waals surface area contributed by atoms with Crippen LogP contribution in [0.25, 0.3) is 0 Å². The van der Waals surface area contributed by atoms with E-state index in [1.54, 1.807) is 37.6 Å². The minimum atomic E-state index is -0.201. The Hall–Kier alpha value is -2.41. The van der Waals surface area contributed by atoms with Crippen LogP contribution in [0.4, 0.5) is 5.69 Å². The van der Waals surface area contributed by atoms with Crippen molar-refractivity contribution in [3.63, 3.8) is 0 Å². The van der Waals surface area contributed by atoms with Crippen molar-refractivity contribution < 1.29 is 9.53 Å². The van der Waals surface area contributed by atoms with Crippen molar-refractivity contribution in [2.75, 3.05) is 12.4 Å². The molecule has 0 saturated carbocycles. The molecule has 2 aromatic rings. The number of hydrogen-bond acceptors (Lipinski definition) is 5. The molecule has 7 nitrogen and oxygen atoms in total. The topological polar surface area (TPSA) is 95.1 Å². The molecule has 1 amide bonds. The van der Waals surface area contributed by atoms with Gasteiger partial charge in [0.2, 0.25) is 5.91 Å². The molecule has 20 heavy (non-hydrogen) atoms. The summed E-state index contributed by atoms with van der Waals surface area (Å²) in [5.74, 6) is 0.553. The molecule has 0 spiro atoms. The highest BCUT2D eigenvalue weighted by atomic mass is 16.5. The summed E-state index contributed by atoms with van der Waals surface area (Å²) in [6.45, 7) is 1.90. The molecule has 106 valence electrons. The number of ether oxygens (including phenoxy) is 1. The maximum absolute atomic E-state index is 11.9. The molecule has 0 aliphatic heterocycles. The number of amides is 1. The van der Waals surface area contributed by atoms with Crippen molar-refractivity contribution in [3.05, 3.63) is 36.2 Å². The average molecular weight is 275 g/mol. The summed E-state index contributed by atoms with van der Waals surface area (Å²) >= 11 is 0. The monoisotopic (exact) mass is 275 g/mol. The lowest BCUT2D eigenvalue weighted by molar-refractivity contribution is -0.116. The lowest BCUT2D eigenvalue weighted by Gasteiger charge is -2.06. The Morgan fingerprint density at radius 2 is 2.15 bits per heavy atom. The molecule has 0 radical (unpaired) electrons. The molecule has 1 aromatic carbocycles. The molecule has 0 aliphatic carbocycles. The van der Waals surface area contributed by atoms with E-state index >= 15 is 0 Å². The SMILES string of the molecule is COc1ccc(NC(=O)Cn2cc(C(C)N)nn2)cc1. The largest absolute Gasteiger partial charge is 0.497 e. The van der Waals surface area contributed by atoms with Crippen molar-refractivity contribution >= 4 is 11.6 Å². The van der Waals surface area contributed by atoms with Crippen molar-refractivity contribution in [2.45, 2.75) is 19.5 Å². The van der Waals surface area contributed by atoms with E-state index in [1.807, 2.05) is 6.92 Å². The summed E-state index contributed by atoms with van der Waals surface area (Å²) in [4.78, 5) is 11.9. The Morgan fingerprint density at radius 1 is 1.45 bits per heavy atom. The van der Waals surface area contributed by atoms with Crippen LogP contribution in [-0.4, -0.2) is 28.0 Å². The first-order chi connectivity index (χ1) is 9.58. The zero-order valence-electron chi connectivity index (χ0n) is 11.4. The van der Waals surface area contributed by atoms with Gasteiger partial charge in [-0.1, -0.05) is 5.21 Å². The first kappa shape index (κ1) is 14.0. The molecule has 1 atom stereocenters. The maximum atomic E-state index is 11.9. The van der Waals surface area contributed by atoms with E-state index in [9.17, 15) is 4.79 Å². The summed E-state index contributed by atoms with van der Waals surface area (Å²) < 4.78 is 6.50. The molecule has 1 aromatic heterocycles. The van der Waals surface area contributed by atoms with Gasteiger partial charge in [0.05, 0.1) is 19.0 Å². The van der Waals surface area contributed by atoms with Crippen molar-refractivity contribution in [1.29, 1.82) is 0 Å². The highest BCUT2D eigenvalue weighted by Crippen LogP contribution is 2.14. The van der Waals surface area contributed by atoms with Gasteiger partial charge in [-0.15, -0.1) is 5.10 Å². The average Bonchev–Trinajstić information content (AvgIpc) is 2.88. The van der Waals surface area contributed by atoms with Crippen LogP contribution in [0.5, 0.6) is 5.75 Å². The Morgan fingerprint density at radius 3 is 2.70 bits per heavy atom. The van der Waals surface area contributed by atoms with Crippen LogP contribution in [0.15, 0.2) is 30.5 Å². The summed E-state index contributed by atoms with van der Waals surface area (Å²) in [6, 6.07) is 6.89. The van der Waals surface area contributed by atoms with Gasteiger partial charge >= 0.3 is 0 Å². The number of nitrogens with one attached hydrogen (secondary N) is 1. The van der Waals surface area contributed by atoms with Gasteiger partial charge in [-0.25, -0.2) is 4.68 Å². The number of nitrogens with two attached hydrogens (primary N) is 1. The molecule has 0 aliphatic rings. The number of rotatable bonds is 5. The third-order valence-corrected chi connectivity index (χ3v) is 2.70. The second kappa shape index (κ2) is 6.16. The fourth-order valence-corrected chi connectivity index (χ4v) is 1.62. The molecule has 2 rings (SSSR count).